The topological polar surface area (TPSA) is 63.6 Å². The van der Waals surface area contributed by atoms with E-state index in [1.807, 2.05) is 0 Å². The van der Waals surface area contributed by atoms with Gasteiger partial charge in [0.05, 0.1) is 19.0 Å². The highest BCUT2D eigenvalue weighted by Gasteiger charge is 2.15. The molecule has 1 aromatic rings. The fourth-order valence-corrected chi connectivity index (χ4v) is 2.81. The van der Waals surface area contributed by atoms with Crippen molar-refractivity contribution < 1.29 is 18.3 Å². The number of aliphatic hydroxyl groups excluding tert-OH is 1. The molecule has 0 aliphatic carbocycles. The molecule has 1 unspecified atom stereocenters. The number of ether oxygens (including phenoxy) is 1. The Labute approximate surface area is 119 Å². The van der Waals surface area contributed by atoms with Crippen LogP contribution in [-0.4, -0.2) is 32.1 Å². The van der Waals surface area contributed by atoms with E-state index in [4.69, 9.17) is 16.3 Å². The normalized spacial score (nSPS) is 13.3. The highest BCUT2D eigenvalue weighted by Crippen LogP contribution is 2.30. The summed E-state index contributed by atoms with van der Waals surface area (Å²) in [4.78, 5) is 0. The first-order valence-corrected chi connectivity index (χ1v) is 8.31. The molecule has 1 N–H and O–H groups in total. The molecule has 0 amide bonds. The molecule has 0 bridgehead atoms. The molecule has 4 nitrogen and oxygen atoms in total. The SMILES string of the molecule is CCS(=O)(=O)CCCC(O)c1ccc(Cl)cc1OC. The highest BCUT2D eigenvalue weighted by molar-refractivity contribution is 7.91. The van der Waals surface area contributed by atoms with Crippen molar-refractivity contribution in [3.05, 3.63) is 28.8 Å². The number of aliphatic hydroxyl groups is 1. The third-order valence-corrected chi connectivity index (χ3v) is 4.95. The Morgan fingerprint density at radius 3 is 2.68 bits per heavy atom. The van der Waals surface area contributed by atoms with Gasteiger partial charge in [-0.25, -0.2) is 8.42 Å². The second kappa shape index (κ2) is 7.12. The van der Waals surface area contributed by atoms with Crippen LogP contribution in [0.1, 0.15) is 31.4 Å². The molecule has 0 radical (unpaired) electrons. The Morgan fingerprint density at radius 2 is 2.11 bits per heavy atom. The van der Waals surface area contributed by atoms with Gasteiger partial charge in [-0.3, -0.25) is 0 Å². The van der Waals surface area contributed by atoms with Crippen molar-refractivity contribution >= 4 is 21.4 Å². The summed E-state index contributed by atoms with van der Waals surface area (Å²) in [5.74, 6) is 0.738. The lowest BCUT2D eigenvalue weighted by Crippen LogP contribution is -2.10. The standard InChI is InChI=1S/C13H19ClO4S/c1-3-19(16,17)8-4-5-12(15)11-7-6-10(14)9-13(11)18-2/h6-7,9,12,15H,3-5,8H2,1-2H3. The van der Waals surface area contributed by atoms with Crippen molar-refractivity contribution in [2.45, 2.75) is 25.9 Å². The van der Waals surface area contributed by atoms with E-state index in [9.17, 15) is 13.5 Å². The number of sulfone groups is 1. The zero-order valence-corrected chi connectivity index (χ0v) is 12.7. The van der Waals surface area contributed by atoms with Crippen LogP contribution in [0.15, 0.2) is 18.2 Å². The van der Waals surface area contributed by atoms with Gasteiger partial charge in [0.2, 0.25) is 0 Å². The van der Waals surface area contributed by atoms with E-state index in [2.05, 4.69) is 0 Å². The predicted molar refractivity (Wildman–Crippen MR) is 76.5 cm³/mol. The van der Waals surface area contributed by atoms with Crippen LogP contribution >= 0.6 is 11.6 Å². The minimum absolute atomic E-state index is 0.0937. The Morgan fingerprint density at radius 1 is 1.42 bits per heavy atom. The van der Waals surface area contributed by atoms with Crippen LogP contribution in [0.25, 0.3) is 0 Å². The molecule has 0 heterocycles. The number of rotatable bonds is 7. The molecule has 0 aliphatic heterocycles. The first-order chi connectivity index (χ1) is 8.89. The molecule has 0 spiro atoms. The zero-order valence-electron chi connectivity index (χ0n) is 11.1. The maximum absolute atomic E-state index is 11.4. The van der Waals surface area contributed by atoms with Crippen LogP contribution in [0.2, 0.25) is 5.02 Å². The maximum Gasteiger partial charge on any atom is 0.150 e. The Balaban J connectivity index is 2.66. The molecule has 0 fully saturated rings. The fourth-order valence-electron chi connectivity index (χ4n) is 1.76. The van der Waals surface area contributed by atoms with Crippen molar-refractivity contribution in [3.8, 4) is 5.75 Å². The van der Waals surface area contributed by atoms with E-state index in [1.54, 1.807) is 25.1 Å². The van der Waals surface area contributed by atoms with Gasteiger partial charge in [-0.2, -0.15) is 0 Å². The monoisotopic (exact) mass is 306 g/mol. The van der Waals surface area contributed by atoms with Gasteiger partial charge < -0.3 is 9.84 Å². The molecule has 1 aromatic carbocycles. The lowest BCUT2D eigenvalue weighted by atomic mass is 10.0. The number of benzene rings is 1. The van der Waals surface area contributed by atoms with Gasteiger partial charge in [-0.15, -0.1) is 0 Å². The number of methoxy groups -OCH3 is 1. The summed E-state index contributed by atoms with van der Waals surface area (Å²) in [5.41, 5.74) is 0.626. The summed E-state index contributed by atoms with van der Waals surface area (Å²) >= 11 is 5.84. The minimum atomic E-state index is -2.98. The zero-order chi connectivity index (χ0) is 14.5. The summed E-state index contributed by atoms with van der Waals surface area (Å²) in [6, 6.07) is 4.99. The smallest absolute Gasteiger partial charge is 0.150 e. The summed E-state index contributed by atoms with van der Waals surface area (Å²) in [6.07, 6.45) is 0.0413. The molecule has 0 saturated heterocycles. The molecule has 1 rings (SSSR count). The van der Waals surface area contributed by atoms with E-state index in [1.165, 1.54) is 7.11 Å². The van der Waals surface area contributed by atoms with E-state index < -0.39 is 15.9 Å². The minimum Gasteiger partial charge on any atom is -0.496 e. The molecule has 0 aliphatic rings. The van der Waals surface area contributed by atoms with Crippen LogP contribution in [0.5, 0.6) is 5.75 Å². The van der Waals surface area contributed by atoms with E-state index in [-0.39, 0.29) is 11.5 Å². The Bertz CT molecular complexity index is 513. The first-order valence-electron chi connectivity index (χ1n) is 6.11. The second-order valence-electron chi connectivity index (χ2n) is 4.28. The van der Waals surface area contributed by atoms with E-state index in [0.717, 1.165) is 0 Å². The summed E-state index contributed by atoms with van der Waals surface area (Å²) in [5, 5.41) is 10.6. The van der Waals surface area contributed by atoms with Gasteiger partial charge >= 0.3 is 0 Å². The average Bonchev–Trinajstić information content (AvgIpc) is 2.38. The number of hydrogen-bond donors (Lipinski definition) is 1. The lowest BCUT2D eigenvalue weighted by Gasteiger charge is -2.15. The summed E-state index contributed by atoms with van der Waals surface area (Å²) in [7, 11) is -1.48. The molecule has 0 saturated carbocycles. The van der Waals surface area contributed by atoms with Crippen molar-refractivity contribution in [2.24, 2.45) is 0 Å². The lowest BCUT2D eigenvalue weighted by molar-refractivity contribution is 0.162. The first kappa shape index (κ1) is 16.3. The molecule has 6 heteroatoms. The van der Waals surface area contributed by atoms with Crippen LogP contribution in [0.4, 0.5) is 0 Å². The van der Waals surface area contributed by atoms with Gasteiger partial charge in [0, 0.05) is 16.3 Å². The van der Waals surface area contributed by atoms with Crippen molar-refractivity contribution in [2.75, 3.05) is 18.6 Å². The van der Waals surface area contributed by atoms with Gasteiger partial charge in [-0.1, -0.05) is 24.6 Å². The third-order valence-electron chi connectivity index (χ3n) is 2.93. The van der Waals surface area contributed by atoms with Crippen LogP contribution in [0, 0.1) is 0 Å². The van der Waals surface area contributed by atoms with Crippen LogP contribution in [-0.2, 0) is 9.84 Å². The van der Waals surface area contributed by atoms with Crippen molar-refractivity contribution in [1.29, 1.82) is 0 Å². The highest BCUT2D eigenvalue weighted by atomic mass is 35.5. The molecular formula is C13H19ClO4S. The van der Waals surface area contributed by atoms with Crippen LogP contribution in [0.3, 0.4) is 0 Å². The molecule has 0 aromatic heterocycles. The molecule has 19 heavy (non-hydrogen) atoms. The van der Waals surface area contributed by atoms with Gasteiger partial charge in [0.1, 0.15) is 15.6 Å². The van der Waals surface area contributed by atoms with E-state index >= 15 is 0 Å². The second-order valence-corrected chi connectivity index (χ2v) is 7.19. The van der Waals surface area contributed by atoms with Gasteiger partial charge in [0.15, 0.2) is 0 Å². The van der Waals surface area contributed by atoms with Crippen molar-refractivity contribution in [3.63, 3.8) is 0 Å². The molecule has 108 valence electrons. The number of halogens is 1. The van der Waals surface area contributed by atoms with Crippen LogP contribution < -0.4 is 4.74 Å². The Kier molecular flexibility index (Phi) is 6.10. The van der Waals surface area contributed by atoms with E-state index in [0.29, 0.717) is 29.2 Å². The summed E-state index contributed by atoms with van der Waals surface area (Å²) in [6.45, 7) is 1.62. The maximum atomic E-state index is 11.4. The predicted octanol–water partition coefficient (Wildman–Crippen LogP) is 2.60. The van der Waals surface area contributed by atoms with Gasteiger partial charge in [-0.05, 0) is 25.0 Å². The molecule has 1 atom stereocenters. The summed E-state index contributed by atoms with van der Waals surface area (Å²) < 4.78 is 27.9. The number of hydrogen-bond acceptors (Lipinski definition) is 4. The third kappa shape index (κ3) is 5.01. The average molecular weight is 307 g/mol. The fraction of sp³-hybridized carbons (Fsp3) is 0.538. The Hall–Kier alpha value is -0.780. The quantitative estimate of drug-likeness (QED) is 0.841. The largest absolute Gasteiger partial charge is 0.496 e. The molecular weight excluding hydrogens is 288 g/mol. The van der Waals surface area contributed by atoms with Crippen molar-refractivity contribution in [1.82, 2.24) is 0 Å². The van der Waals surface area contributed by atoms with Gasteiger partial charge in [0.25, 0.3) is 0 Å².